The summed E-state index contributed by atoms with van der Waals surface area (Å²) >= 11 is 0. The fourth-order valence-electron chi connectivity index (χ4n) is 4.23. The molecule has 1 aliphatic heterocycles. The minimum absolute atomic E-state index is 0.289. The van der Waals surface area contributed by atoms with Crippen LogP contribution >= 0.6 is 0 Å². The Morgan fingerprint density at radius 3 is 1.56 bits per heavy atom. The molecule has 0 radical (unpaired) electrons. The lowest BCUT2D eigenvalue weighted by Gasteiger charge is -2.46. The maximum absolute atomic E-state index is 10.7. The molecule has 0 aromatic heterocycles. The largest absolute Gasteiger partial charge is 0.378 e. The third-order valence-electron chi connectivity index (χ3n) is 6.10. The van der Waals surface area contributed by atoms with Crippen LogP contribution < -0.4 is 0 Å². The van der Waals surface area contributed by atoms with Gasteiger partial charge in [0, 0.05) is 7.11 Å². The van der Waals surface area contributed by atoms with Crippen molar-refractivity contribution in [3.8, 4) is 12.3 Å². The number of methoxy groups -OCH3 is 1. The molecule has 0 bridgehead atoms. The first-order valence-electron chi connectivity index (χ1n) is 12.0. The monoisotopic (exact) mass is 488 g/mol. The average molecular weight is 489 g/mol. The van der Waals surface area contributed by atoms with E-state index in [-0.39, 0.29) is 6.61 Å². The zero-order chi connectivity index (χ0) is 25.2. The van der Waals surface area contributed by atoms with E-state index in [9.17, 15) is 5.11 Å². The van der Waals surface area contributed by atoms with Gasteiger partial charge in [0.2, 0.25) is 0 Å². The van der Waals surface area contributed by atoms with Gasteiger partial charge in [-0.15, -0.1) is 6.42 Å². The smallest absolute Gasteiger partial charge is 0.186 e. The molecule has 6 nitrogen and oxygen atoms in total. The van der Waals surface area contributed by atoms with Gasteiger partial charge >= 0.3 is 0 Å². The summed E-state index contributed by atoms with van der Waals surface area (Å²) in [5.41, 5.74) is 2.97. The minimum atomic E-state index is -1.22. The van der Waals surface area contributed by atoms with Crippen LogP contribution in [0.3, 0.4) is 0 Å². The molecule has 0 amide bonds. The molecule has 1 heterocycles. The van der Waals surface area contributed by atoms with E-state index >= 15 is 0 Å². The van der Waals surface area contributed by atoms with Gasteiger partial charge in [-0.05, 0) is 16.7 Å². The Morgan fingerprint density at radius 2 is 1.14 bits per heavy atom. The highest BCUT2D eigenvalue weighted by Gasteiger charge is 2.50. The molecule has 6 heteroatoms. The summed E-state index contributed by atoms with van der Waals surface area (Å²) in [6.45, 7) is 0.932. The van der Waals surface area contributed by atoms with Gasteiger partial charge in [0.05, 0.1) is 19.8 Å². The van der Waals surface area contributed by atoms with Gasteiger partial charge < -0.3 is 28.8 Å². The summed E-state index contributed by atoms with van der Waals surface area (Å²) in [5.74, 6) is 2.37. The molecule has 1 fully saturated rings. The molecule has 36 heavy (non-hydrogen) atoms. The fraction of sp³-hybridized carbons (Fsp3) is 0.333. The van der Waals surface area contributed by atoms with Crippen LogP contribution in [0.4, 0.5) is 0 Å². The topological polar surface area (TPSA) is 66.4 Å². The molecule has 1 saturated heterocycles. The quantitative estimate of drug-likeness (QED) is 0.410. The predicted octanol–water partition coefficient (Wildman–Crippen LogP) is 4.11. The summed E-state index contributed by atoms with van der Waals surface area (Å²) in [4.78, 5) is 0. The molecular formula is C30H32O6. The van der Waals surface area contributed by atoms with Crippen LogP contribution in [0, 0.1) is 12.3 Å². The van der Waals surface area contributed by atoms with Crippen molar-refractivity contribution in [3.63, 3.8) is 0 Å². The molecule has 3 aromatic carbocycles. The Hall–Kier alpha value is -3.02. The fourth-order valence-corrected chi connectivity index (χ4v) is 4.23. The summed E-state index contributed by atoms with van der Waals surface area (Å²) < 4.78 is 30.9. The third-order valence-corrected chi connectivity index (χ3v) is 6.10. The van der Waals surface area contributed by atoms with Crippen molar-refractivity contribution in [1.82, 2.24) is 0 Å². The molecule has 1 unspecified atom stereocenters. The van der Waals surface area contributed by atoms with Crippen molar-refractivity contribution in [3.05, 3.63) is 108 Å². The lowest BCUT2D eigenvalue weighted by Crippen LogP contribution is -2.63. The summed E-state index contributed by atoms with van der Waals surface area (Å²) in [6, 6.07) is 29.5. The van der Waals surface area contributed by atoms with Gasteiger partial charge in [0.25, 0.3) is 0 Å². The van der Waals surface area contributed by atoms with Gasteiger partial charge in [-0.2, -0.15) is 0 Å². The molecule has 1 aliphatic rings. The second kappa shape index (κ2) is 13.3. The van der Waals surface area contributed by atoms with Crippen molar-refractivity contribution >= 4 is 0 Å². The van der Waals surface area contributed by atoms with Gasteiger partial charge in [0.15, 0.2) is 6.29 Å². The van der Waals surface area contributed by atoms with Crippen LogP contribution in [0.15, 0.2) is 91.0 Å². The molecule has 3 aromatic rings. The minimum Gasteiger partial charge on any atom is -0.378 e. The van der Waals surface area contributed by atoms with E-state index in [1.54, 1.807) is 0 Å². The van der Waals surface area contributed by atoms with Crippen LogP contribution in [-0.2, 0) is 43.5 Å². The Bertz CT molecular complexity index is 1070. The van der Waals surface area contributed by atoms with Crippen LogP contribution in [0.1, 0.15) is 16.7 Å². The number of hydrogen-bond acceptors (Lipinski definition) is 6. The Labute approximate surface area is 212 Å². The van der Waals surface area contributed by atoms with Gasteiger partial charge in [-0.3, -0.25) is 0 Å². The van der Waals surface area contributed by atoms with E-state index in [1.807, 2.05) is 91.0 Å². The van der Waals surface area contributed by atoms with Crippen LogP contribution in [-0.4, -0.2) is 49.0 Å². The maximum atomic E-state index is 10.7. The van der Waals surface area contributed by atoms with Crippen molar-refractivity contribution in [2.45, 2.75) is 56.6 Å². The summed E-state index contributed by atoms with van der Waals surface area (Å²) in [6.07, 6.45) is 0.687. The van der Waals surface area contributed by atoms with E-state index in [2.05, 4.69) is 5.92 Å². The third kappa shape index (κ3) is 6.80. The lowest BCUT2D eigenvalue weighted by molar-refractivity contribution is -0.326. The highest BCUT2D eigenvalue weighted by Crippen LogP contribution is 2.32. The number of benzene rings is 3. The molecule has 188 valence electrons. The first-order chi connectivity index (χ1) is 17.7. The number of ether oxygens (including phenoxy) is 5. The van der Waals surface area contributed by atoms with Gasteiger partial charge in [-0.25, -0.2) is 0 Å². The van der Waals surface area contributed by atoms with Crippen LogP contribution in [0.25, 0.3) is 0 Å². The Kier molecular flexibility index (Phi) is 9.65. The van der Waals surface area contributed by atoms with E-state index in [1.165, 1.54) is 7.11 Å². The highest BCUT2D eigenvalue weighted by atomic mass is 16.7. The molecule has 0 spiro atoms. The number of rotatable bonds is 11. The van der Waals surface area contributed by atoms with Crippen molar-refractivity contribution in [1.29, 1.82) is 0 Å². The number of aliphatic hydroxyl groups is 1. The number of aliphatic hydroxyl groups excluding tert-OH is 1. The Morgan fingerprint density at radius 1 is 0.722 bits per heavy atom. The first kappa shape index (κ1) is 26.1. The SMILES string of the molecule is C#CC(O)[C@H]1O[C@H](OC)[C@H](OCc2ccccc2)[C@@H](OCc2ccccc2)[C@@H]1OCc1ccccc1. The van der Waals surface area contributed by atoms with E-state index in [0.29, 0.717) is 13.2 Å². The van der Waals surface area contributed by atoms with Crippen molar-refractivity contribution in [2.24, 2.45) is 0 Å². The summed E-state index contributed by atoms with van der Waals surface area (Å²) in [5, 5.41) is 10.7. The van der Waals surface area contributed by atoms with Crippen molar-refractivity contribution in [2.75, 3.05) is 7.11 Å². The number of hydrogen-bond donors (Lipinski definition) is 1. The first-order valence-corrected chi connectivity index (χ1v) is 12.0. The molecule has 0 aliphatic carbocycles. The molecule has 6 atom stereocenters. The lowest BCUT2D eigenvalue weighted by atomic mass is 9.94. The second-order valence-electron chi connectivity index (χ2n) is 8.60. The Balaban J connectivity index is 1.62. The second-order valence-corrected chi connectivity index (χ2v) is 8.60. The van der Waals surface area contributed by atoms with Crippen molar-refractivity contribution < 1.29 is 28.8 Å². The molecule has 1 N–H and O–H groups in total. The van der Waals surface area contributed by atoms with E-state index < -0.39 is 36.8 Å². The van der Waals surface area contributed by atoms with E-state index in [4.69, 9.17) is 30.1 Å². The zero-order valence-corrected chi connectivity index (χ0v) is 20.3. The van der Waals surface area contributed by atoms with E-state index in [0.717, 1.165) is 16.7 Å². The average Bonchev–Trinajstić information content (AvgIpc) is 2.94. The standard InChI is InChI=1S/C30H32O6/c1-3-25(31)26-27(33-19-22-13-7-4-8-14-22)28(34-20-23-15-9-5-10-16-23)29(30(32-2)36-26)35-21-24-17-11-6-12-18-24/h1,4-18,25-31H,19-21H2,2H3/t25?,26-,27-,28+,29-,30+/m1/s1. The molecule has 0 saturated carbocycles. The molecule has 4 rings (SSSR count). The normalized spacial score (nSPS) is 24.6. The summed E-state index contributed by atoms with van der Waals surface area (Å²) in [7, 11) is 1.53. The maximum Gasteiger partial charge on any atom is 0.186 e. The zero-order valence-electron chi connectivity index (χ0n) is 20.3. The number of terminal acetylenes is 1. The van der Waals surface area contributed by atoms with Crippen LogP contribution in [0.5, 0.6) is 0 Å². The highest BCUT2D eigenvalue weighted by molar-refractivity contribution is 5.16. The van der Waals surface area contributed by atoms with Gasteiger partial charge in [0.1, 0.15) is 30.5 Å². The van der Waals surface area contributed by atoms with Gasteiger partial charge in [-0.1, -0.05) is 96.9 Å². The predicted molar refractivity (Wildman–Crippen MR) is 136 cm³/mol. The molecular weight excluding hydrogens is 456 g/mol. The van der Waals surface area contributed by atoms with Crippen LogP contribution in [0.2, 0.25) is 0 Å².